The summed E-state index contributed by atoms with van der Waals surface area (Å²) in [5.41, 5.74) is 0. The van der Waals surface area contributed by atoms with Gasteiger partial charge in [0.25, 0.3) is 0 Å². The van der Waals surface area contributed by atoms with Crippen molar-refractivity contribution in [2.75, 3.05) is 6.61 Å². The van der Waals surface area contributed by atoms with Crippen LogP contribution in [0.1, 0.15) is 51.9 Å². The van der Waals surface area contributed by atoms with Gasteiger partial charge in [-0.3, -0.25) is 0 Å². The van der Waals surface area contributed by atoms with Crippen molar-refractivity contribution in [3.05, 3.63) is 0 Å². The van der Waals surface area contributed by atoms with E-state index in [1.807, 2.05) is 0 Å². The fourth-order valence-electron chi connectivity index (χ4n) is 1.28. The first-order valence-corrected chi connectivity index (χ1v) is 5.18. The molecule has 0 saturated heterocycles. The lowest BCUT2D eigenvalue weighted by Crippen LogP contribution is -2.30. The first-order chi connectivity index (χ1) is 6.12. The van der Waals surface area contributed by atoms with Crippen LogP contribution in [-0.4, -0.2) is 27.7 Å². The Labute approximate surface area is 80.4 Å². The summed E-state index contributed by atoms with van der Waals surface area (Å²) in [6.45, 7) is 2.40. The second-order valence-corrected chi connectivity index (χ2v) is 3.62. The van der Waals surface area contributed by atoms with Gasteiger partial charge in [-0.1, -0.05) is 19.8 Å². The Kier molecular flexibility index (Phi) is 7.23. The van der Waals surface area contributed by atoms with Crippen LogP contribution in [0, 0.1) is 0 Å². The van der Waals surface area contributed by atoms with Gasteiger partial charge in [0.15, 0.2) is 5.79 Å². The molecule has 0 aliphatic heterocycles. The highest BCUT2D eigenvalue weighted by atomic mass is 16.5. The molecule has 3 N–H and O–H groups in total. The zero-order valence-electron chi connectivity index (χ0n) is 8.50. The van der Waals surface area contributed by atoms with E-state index in [1.165, 1.54) is 0 Å². The number of aliphatic hydroxyl groups is 3. The monoisotopic (exact) mass is 190 g/mol. The van der Waals surface area contributed by atoms with Crippen molar-refractivity contribution in [1.82, 2.24) is 0 Å². The second kappa shape index (κ2) is 7.30. The van der Waals surface area contributed by atoms with Crippen LogP contribution in [0.3, 0.4) is 0 Å². The molecule has 0 radical (unpaired) electrons. The third kappa shape index (κ3) is 8.22. The third-order valence-electron chi connectivity index (χ3n) is 2.17. The molecule has 1 saturated carbocycles. The molecular formula is C10H22O3. The number of aliphatic hydroxyl groups excluding tert-OH is 1. The Bertz CT molecular complexity index is 103. The second-order valence-electron chi connectivity index (χ2n) is 3.62. The predicted molar refractivity (Wildman–Crippen MR) is 52.2 cm³/mol. The largest absolute Gasteiger partial charge is 0.396 e. The Balaban J connectivity index is 0.000000252. The molecular weight excluding hydrogens is 168 g/mol. The molecule has 0 aromatic carbocycles. The van der Waals surface area contributed by atoms with Crippen LogP contribution in [0.25, 0.3) is 0 Å². The molecule has 3 heteroatoms. The first-order valence-electron chi connectivity index (χ1n) is 5.18. The van der Waals surface area contributed by atoms with E-state index in [0.717, 1.165) is 32.1 Å². The summed E-state index contributed by atoms with van der Waals surface area (Å²) in [6.07, 6.45) is 6.25. The van der Waals surface area contributed by atoms with Gasteiger partial charge in [0.2, 0.25) is 0 Å². The van der Waals surface area contributed by atoms with E-state index >= 15 is 0 Å². The number of unbranched alkanes of at least 4 members (excludes halogenated alkanes) is 1. The lowest BCUT2D eigenvalue weighted by atomic mass is 9.95. The summed E-state index contributed by atoms with van der Waals surface area (Å²) in [4.78, 5) is 0. The number of hydrogen-bond donors (Lipinski definition) is 3. The molecule has 0 atom stereocenters. The Morgan fingerprint density at radius 3 is 1.77 bits per heavy atom. The summed E-state index contributed by atoms with van der Waals surface area (Å²) >= 11 is 0. The van der Waals surface area contributed by atoms with Crippen LogP contribution in [-0.2, 0) is 0 Å². The van der Waals surface area contributed by atoms with Crippen LogP contribution >= 0.6 is 0 Å². The summed E-state index contributed by atoms with van der Waals surface area (Å²) in [7, 11) is 0. The minimum absolute atomic E-state index is 0.344. The standard InChI is InChI=1S/C6H12O2.C4H10O/c7-6(8)4-2-1-3-5-6;1-2-3-4-5/h7-8H,1-5H2;5H,2-4H2,1H3. The van der Waals surface area contributed by atoms with Crippen molar-refractivity contribution in [2.24, 2.45) is 0 Å². The van der Waals surface area contributed by atoms with Gasteiger partial charge >= 0.3 is 0 Å². The van der Waals surface area contributed by atoms with Gasteiger partial charge in [0.05, 0.1) is 0 Å². The van der Waals surface area contributed by atoms with E-state index in [4.69, 9.17) is 15.3 Å². The van der Waals surface area contributed by atoms with Gasteiger partial charge in [0, 0.05) is 19.4 Å². The molecule has 13 heavy (non-hydrogen) atoms. The van der Waals surface area contributed by atoms with Crippen LogP contribution in [0.15, 0.2) is 0 Å². The van der Waals surface area contributed by atoms with E-state index < -0.39 is 5.79 Å². The van der Waals surface area contributed by atoms with Crippen molar-refractivity contribution in [3.8, 4) is 0 Å². The molecule has 1 fully saturated rings. The molecule has 1 aliphatic carbocycles. The minimum Gasteiger partial charge on any atom is -0.396 e. The molecule has 1 aliphatic rings. The molecule has 0 unspecified atom stereocenters. The lowest BCUT2D eigenvalue weighted by molar-refractivity contribution is -0.180. The van der Waals surface area contributed by atoms with Crippen molar-refractivity contribution in [1.29, 1.82) is 0 Å². The number of rotatable bonds is 2. The van der Waals surface area contributed by atoms with Gasteiger partial charge in [-0.15, -0.1) is 0 Å². The summed E-state index contributed by atoms with van der Waals surface area (Å²) in [6, 6.07) is 0. The van der Waals surface area contributed by atoms with Gasteiger partial charge in [-0.25, -0.2) is 0 Å². The Hall–Kier alpha value is -0.120. The molecule has 3 nitrogen and oxygen atoms in total. The molecule has 80 valence electrons. The molecule has 0 amide bonds. The highest BCUT2D eigenvalue weighted by Crippen LogP contribution is 2.24. The maximum atomic E-state index is 8.93. The van der Waals surface area contributed by atoms with Gasteiger partial charge < -0.3 is 15.3 Å². The van der Waals surface area contributed by atoms with E-state index in [2.05, 4.69) is 6.92 Å². The van der Waals surface area contributed by atoms with E-state index in [9.17, 15) is 0 Å². The van der Waals surface area contributed by atoms with E-state index in [-0.39, 0.29) is 0 Å². The maximum Gasteiger partial charge on any atom is 0.162 e. The normalized spacial score (nSPS) is 20.3. The molecule has 0 bridgehead atoms. The van der Waals surface area contributed by atoms with Gasteiger partial charge in [0.1, 0.15) is 0 Å². The predicted octanol–water partition coefficient (Wildman–Crippen LogP) is 1.41. The zero-order valence-corrected chi connectivity index (χ0v) is 8.50. The van der Waals surface area contributed by atoms with Gasteiger partial charge in [-0.05, 0) is 19.3 Å². The smallest absolute Gasteiger partial charge is 0.162 e. The lowest BCUT2D eigenvalue weighted by Gasteiger charge is -2.25. The SMILES string of the molecule is CCCCO.OC1(O)CCCCC1. The topological polar surface area (TPSA) is 60.7 Å². The van der Waals surface area contributed by atoms with Gasteiger partial charge in [-0.2, -0.15) is 0 Å². The number of hydrogen-bond acceptors (Lipinski definition) is 3. The summed E-state index contributed by atoms with van der Waals surface area (Å²) < 4.78 is 0. The third-order valence-corrected chi connectivity index (χ3v) is 2.17. The highest BCUT2D eigenvalue weighted by molar-refractivity contribution is 4.69. The highest BCUT2D eigenvalue weighted by Gasteiger charge is 2.24. The summed E-state index contributed by atoms with van der Waals surface area (Å²) in [5.74, 6) is -1.32. The van der Waals surface area contributed by atoms with Crippen molar-refractivity contribution < 1.29 is 15.3 Å². The average molecular weight is 190 g/mol. The molecule has 0 heterocycles. The molecule has 0 aromatic heterocycles. The fraction of sp³-hybridized carbons (Fsp3) is 1.00. The minimum atomic E-state index is -1.32. The zero-order chi connectivity index (χ0) is 10.2. The van der Waals surface area contributed by atoms with E-state index in [1.54, 1.807) is 0 Å². The first kappa shape index (κ1) is 12.9. The Morgan fingerprint density at radius 2 is 1.62 bits per heavy atom. The quantitative estimate of drug-likeness (QED) is 0.577. The van der Waals surface area contributed by atoms with E-state index in [0.29, 0.717) is 19.4 Å². The van der Waals surface area contributed by atoms with Crippen LogP contribution in [0.5, 0.6) is 0 Å². The van der Waals surface area contributed by atoms with Crippen LogP contribution in [0.2, 0.25) is 0 Å². The van der Waals surface area contributed by atoms with Crippen LogP contribution in [0.4, 0.5) is 0 Å². The Morgan fingerprint density at radius 1 is 1.08 bits per heavy atom. The summed E-state index contributed by atoms with van der Waals surface area (Å²) in [5, 5.41) is 25.9. The van der Waals surface area contributed by atoms with Crippen molar-refractivity contribution in [3.63, 3.8) is 0 Å². The maximum absolute atomic E-state index is 8.93. The molecule has 0 aromatic rings. The molecule has 0 spiro atoms. The fourth-order valence-corrected chi connectivity index (χ4v) is 1.28. The van der Waals surface area contributed by atoms with Crippen molar-refractivity contribution in [2.45, 2.75) is 57.7 Å². The average Bonchev–Trinajstić information content (AvgIpc) is 2.06. The molecule has 1 rings (SSSR count). The van der Waals surface area contributed by atoms with Crippen molar-refractivity contribution >= 4 is 0 Å². The van der Waals surface area contributed by atoms with Crippen LogP contribution < -0.4 is 0 Å².